The van der Waals surface area contributed by atoms with Crippen molar-refractivity contribution in [2.24, 2.45) is 0 Å². The van der Waals surface area contributed by atoms with Gasteiger partial charge in [0.15, 0.2) is 0 Å². The normalized spacial score (nSPS) is 15.8. The quantitative estimate of drug-likeness (QED) is 0.795. The highest BCUT2D eigenvalue weighted by atomic mass is 32.2. The highest BCUT2D eigenvalue weighted by Crippen LogP contribution is 2.25. The Morgan fingerprint density at radius 2 is 2.16 bits per heavy atom. The molecule has 0 aliphatic heterocycles. The zero-order chi connectivity index (χ0) is 14.4. The van der Waals surface area contributed by atoms with Gasteiger partial charge in [-0.05, 0) is 26.0 Å². The van der Waals surface area contributed by atoms with Crippen LogP contribution < -0.4 is 10.1 Å². The predicted molar refractivity (Wildman–Crippen MR) is 79.1 cm³/mol. The maximum absolute atomic E-state index is 11.1. The van der Waals surface area contributed by atoms with Gasteiger partial charge in [0, 0.05) is 41.0 Å². The zero-order valence-corrected chi connectivity index (χ0v) is 12.8. The minimum Gasteiger partial charge on any atom is -0.496 e. The second kappa shape index (κ2) is 7.62. The van der Waals surface area contributed by atoms with Gasteiger partial charge in [-0.1, -0.05) is 11.6 Å². The molecule has 0 spiro atoms. The standard InChI is InChI=1S/C14H23NO3S/c1-10-5-6-14(18-3)12(7-10)13(16)8-15-11(2)9-19(4)17/h5-7,11,13,15-16H,8-9H2,1-4H3. The largest absolute Gasteiger partial charge is 0.496 e. The third-order valence-corrected chi connectivity index (χ3v) is 3.86. The minimum absolute atomic E-state index is 0.108. The maximum atomic E-state index is 11.1. The Morgan fingerprint density at radius 3 is 2.74 bits per heavy atom. The molecule has 1 aromatic carbocycles. The summed E-state index contributed by atoms with van der Waals surface area (Å²) >= 11 is 0. The van der Waals surface area contributed by atoms with Gasteiger partial charge < -0.3 is 15.2 Å². The van der Waals surface area contributed by atoms with Crippen molar-refractivity contribution in [1.29, 1.82) is 0 Å². The number of aryl methyl sites for hydroxylation is 1. The molecule has 0 saturated carbocycles. The fraction of sp³-hybridized carbons (Fsp3) is 0.571. The molecule has 0 heterocycles. The molecule has 3 unspecified atom stereocenters. The van der Waals surface area contributed by atoms with Crippen LogP contribution in [-0.4, -0.2) is 41.0 Å². The molecule has 2 N–H and O–H groups in total. The molecule has 0 amide bonds. The number of ether oxygens (including phenoxy) is 1. The van der Waals surface area contributed by atoms with E-state index in [1.807, 2.05) is 32.0 Å². The molecule has 108 valence electrons. The molecule has 0 aromatic heterocycles. The van der Waals surface area contributed by atoms with Gasteiger partial charge in [0.1, 0.15) is 5.75 Å². The fourth-order valence-electron chi connectivity index (χ4n) is 1.95. The molecule has 0 fully saturated rings. The van der Waals surface area contributed by atoms with E-state index in [0.29, 0.717) is 18.0 Å². The monoisotopic (exact) mass is 285 g/mol. The second-order valence-corrected chi connectivity index (χ2v) is 6.29. The summed E-state index contributed by atoms with van der Waals surface area (Å²) in [5, 5.41) is 13.4. The molecule has 0 aliphatic carbocycles. The Bertz CT molecular complexity index is 437. The smallest absolute Gasteiger partial charge is 0.124 e. The fourth-order valence-corrected chi connectivity index (χ4v) is 2.77. The number of nitrogens with one attached hydrogen (secondary N) is 1. The Hall–Kier alpha value is -0.910. The van der Waals surface area contributed by atoms with E-state index in [-0.39, 0.29) is 6.04 Å². The van der Waals surface area contributed by atoms with Gasteiger partial charge >= 0.3 is 0 Å². The third-order valence-electron chi connectivity index (χ3n) is 2.89. The molecule has 5 heteroatoms. The Balaban J connectivity index is 2.65. The Morgan fingerprint density at radius 1 is 1.47 bits per heavy atom. The van der Waals surface area contributed by atoms with Crippen molar-refractivity contribution in [3.05, 3.63) is 29.3 Å². The van der Waals surface area contributed by atoms with E-state index in [1.54, 1.807) is 13.4 Å². The minimum atomic E-state index is -0.833. The Kier molecular flexibility index (Phi) is 6.48. The first-order chi connectivity index (χ1) is 8.93. The maximum Gasteiger partial charge on any atom is 0.124 e. The van der Waals surface area contributed by atoms with Crippen molar-refractivity contribution in [2.45, 2.75) is 26.0 Å². The molecular weight excluding hydrogens is 262 g/mol. The first-order valence-corrected chi connectivity index (χ1v) is 8.02. The lowest BCUT2D eigenvalue weighted by molar-refractivity contribution is 0.167. The van der Waals surface area contributed by atoms with Crippen molar-refractivity contribution in [2.75, 3.05) is 25.7 Å². The van der Waals surface area contributed by atoms with Crippen LogP contribution in [-0.2, 0) is 10.8 Å². The lowest BCUT2D eigenvalue weighted by Gasteiger charge is -2.19. The molecule has 0 radical (unpaired) electrons. The van der Waals surface area contributed by atoms with Crippen molar-refractivity contribution in [1.82, 2.24) is 5.32 Å². The van der Waals surface area contributed by atoms with E-state index in [1.165, 1.54) is 0 Å². The van der Waals surface area contributed by atoms with Gasteiger partial charge in [-0.3, -0.25) is 4.21 Å². The van der Waals surface area contributed by atoms with Gasteiger partial charge in [0.05, 0.1) is 13.2 Å². The van der Waals surface area contributed by atoms with Crippen molar-refractivity contribution >= 4 is 10.8 Å². The highest BCUT2D eigenvalue weighted by molar-refractivity contribution is 7.84. The lowest BCUT2D eigenvalue weighted by atomic mass is 10.0. The summed E-state index contributed by atoms with van der Waals surface area (Å²) in [6, 6.07) is 5.84. The van der Waals surface area contributed by atoms with E-state index >= 15 is 0 Å². The molecule has 19 heavy (non-hydrogen) atoms. The molecule has 0 saturated heterocycles. The predicted octanol–water partition coefficient (Wildman–Crippen LogP) is 1.39. The Labute approximate surface area is 117 Å². The summed E-state index contributed by atoms with van der Waals surface area (Å²) in [6.45, 7) is 4.35. The van der Waals surface area contributed by atoms with E-state index in [9.17, 15) is 9.32 Å². The van der Waals surface area contributed by atoms with Crippen LogP contribution in [0.5, 0.6) is 5.75 Å². The summed E-state index contributed by atoms with van der Waals surface area (Å²) in [7, 11) is 0.761. The summed E-state index contributed by atoms with van der Waals surface area (Å²) in [4.78, 5) is 0. The second-order valence-electron chi connectivity index (χ2n) is 4.81. The van der Waals surface area contributed by atoms with Gasteiger partial charge in [0.2, 0.25) is 0 Å². The molecule has 0 aliphatic rings. The zero-order valence-electron chi connectivity index (χ0n) is 12.0. The number of hydrogen-bond donors (Lipinski definition) is 2. The van der Waals surface area contributed by atoms with Crippen molar-refractivity contribution in [3.63, 3.8) is 0 Å². The number of aliphatic hydroxyl groups is 1. The summed E-state index contributed by atoms with van der Waals surface area (Å²) in [6.07, 6.45) is 1.04. The van der Waals surface area contributed by atoms with E-state index < -0.39 is 16.9 Å². The molecule has 0 bridgehead atoms. The first kappa shape index (κ1) is 16.1. The molecule has 3 atom stereocenters. The van der Waals surface area contributed by atoms with Crippen LogP contribution in [0.4, 0.5) is 0 Å². The van der Waals surface area contributed by atoms with Gasteiger partial charge in [-0.25, -0.2) is 0 Å². The lowest BCUT2D eigenvalue weighted by Crippen LogP contribution is -2.34. The van der Waals surface area contributed by atoms with Crippen LogP contribution >= 0.6 is 0 Å². The molecule has 1 aromatic rings. The number of benzene rings is 1. The summed E-state index contributed by atoms with van der Waals surface area (Å²) in [5.41, 5.74) is 1.86. The third kappa shape index (κ3) is 5.30. The van der Waals surface area contributed by atoms with Crippen molar-refractivity contribution in [3.8, 4) is 5.75 Å². The van der Waals surface area contributed by atoms with Crippen LogP contribution in [0.1, 0.15) is 24.2 Å². The van der Waals surface area contributed by atoms with Crippen LogP contribution in [0.15, 0.2) is 18.2 Å². The van der Waals surface area contributed by atoms with E-state index in [2.05, 4.69) is 5.32 Å². The van der Waals surface area contributed by atoms with Gasteiger partial charge in [-0.2, -0.15) is 0 Å². The number of methoxy groups -OCH3 is 1. The van der Waals surface area contributed by atoms with E-state index in [0.717, 1.165) is 11.1 Å². The van der Waals surface area contributed by atoms with Crippen LogP contribution in [0.3, 0.4) is 0 Å². The summed E-state index contributed by atoms with van der Waals surface area (Å²) < 4.78 is 16.4. The first-order valence-electron chi connectivity index (χ1n) is 6.30. The van der Waals surface area contributed by atoms with E-state index in [4.69, 9.17) is 4.74 Å². The van der Waals surface area contributed by atoms with Crippen molar-refractivity contribution < 1.29 is 14.1 Å². The molecule has 4 nitrogen and oxygen atoms in total. The van der Waals surface area contributed by atoms with Crippen LogP contribution in [0.25, 0.3) is 0 Å². The number of rotatable bonds is 7. The topological polar surface area (TPSA) is 58.6 Å². The number of hydrogen-bond acceptors (Lipinski definition) is 4. The van der Waals surface area contributed by atoms with Crippen LogP contribution in [0.2, 0.25) is 0 Å². The summed E-state index contributed by atoms with van der Waals surface area (Å²) in [5.74, 6) is 1.27. The average molecular weight is 285 g/mol. The van der Waals surface area contributed by atoms with Crippen LogP contribution in [0, 0.1) is 6.92 Å². The average Bonchev–Trinajstić information content (AvgIpc) is 2.35. The van der Waals surface area contributed by atoms with Gasteiger partial charge in [0.25, 0.3) is 0 Å². The molecular formula is C14H23NO3S. The highest BCUT2D eigenvalue weighted by Gasteiger charge is 2.14. The SMILES string of the molecule is COc1ccc(C)cc1C(O)CNC(C)CS(C)=O. The molecule has 1 rings (SSSR count). The van der Waals surface area contributed by atoms with Gasteiger partial charge in [-0.15, -0.1) is 0 Å². The number of aliphatic hydroxyl groups excluding tert-OH is 1.